The van der Waals surface area contributed by atoms with E-state index in [9.17, 15) is 14.9 Å². The van der Waals surface area contributed by atoms with Crippen molar-refractivity contribution in [1.82, 2.24) is 9.78 Å². The summed E-state index contributed by atoms with van der Waals surface area (Å²) in [7, 11) is 0. The number of hydrogen-bond donors (Lipinski definition) is 1. The zero-order valence-corrected chi connectivity index (χ0v) is 17.3. The summed E-state index contributed by atoms with van der Waals surface area (Å²) >= 11 is 5.98. The van der Waals surface area contributed by atoms with Crippen molar-refractivity contribution in [1.29, 1.82) is 0 Å². The van der Waals surface area contributed by atoms with Crippen LogP contribution in [0.4, 0.5) is 11.5 Å². The van der Waals surface area contributed by atoms with Crippen molar-refractivity contribution in [2.24, 2.45) is 0 Å². The van der Waals surface area contributed by atoms with E-state index in [1.165, 1.54) is 6.07 Å². The molecule has 0 spiro atoms. The lowest BCUT2D eigenvalue weighted by molar-refractivity contribution is -0.385. The van der Waals surface area contributed by atoms with E-state index in [4.69, 9.17) is 11.6 Å². The number of aryl methyl sites for hydroxylation is 1. The fourth-order valence-corrected chi connectivity index (χ4v) is 2.88. The molecule has 0 unspecified atom stereocenters. The van der Waals surface area contributed by atoms with Crippen LogP contribution in [-0.2, 0) is 5.41 Å². The number of rotatable bonds is 4. The van der Waals surface area contributed by atoms with Crippen LogP contribution in [0.2, 0.25) is 5.02 Å². The van der Waals surface area contributed by atoms with Gasteiger partial charge in [0.05, 0.1) is 16.3 Å². The number of benzene rings is 2. The third-order valence-electron chi connectivity index (χ3n) is 4.46. The number of hydrogen-bond acceptors (Lipinski definition) is 4. The Balaban J connectivity index is 2.01. The Morgan fingerprint density at radius 2 is 1.79 bits per heavy atom. The molecule has 0 radical (unpaired) electrons. The van der Waals surface area contributed by atoms with E-state index in [2.05, 4.69) is 10.4 Å². The fourth-order valence-electron chi connectivity index (χ4n) is 2.75. The zero-order chi connectivity index (χ0) is 21.3. The number of nitro groups is 1. The second kappa shape index (κ2) is 7.67. The molecule has 3 aromatic rings. The summed E-state index contributed by atoms with van der Waals surface area (Å²) in [4.78, 5) is 23.5. The number of halogens is 1. The second-order valence-electron chi connectivity index (χ2n) is 7.77. The van der Waals surface area contributed by atoms with Crippen LogP contribution in [0.5, 0.6) is 0 Å². The minimum Gasteiger partial charge on any atom is -0.306 e. The van der Waals surface area contributed by atoms with E-state index in [-0.39, 0.29) is 16.7 Å². The van der Waals surface area contributed by atoms with E-state index < -0.39 is 10.8 Å². The standard InChI is InChI=1S/C21H21ClN4O3/c1-13-5-6-14(11-17(13)26(28)29)20(27)23-19-12-18(21(2,3)4)24-25(19)16-9-7-15(22)8-10-16/h5-12H,1-4H3,(H,23,27). The van der Waals surface area contributed by atoms with Crippen molar-refractivity contribution in [3.8, 4) is 5.69 Å². The van der Waals surface area contributed by atoms with Gasteiger partial charge in [0.25, 0.3) is 11.6 Å². The van der Waals surface area contributed by atoms with E-state index in [0.29, 0.717) is 16.4 Å². The smallest absolute Gasteiger partial charge is 0.273 e. The van der Waals surface area contributed by atoms with Gasteiger partial charge in [-0.05, 0) is 37.3 Å². The molecule has 2 aromatic carbocycles. The van der Waals surface area contributed by atoms with Gasteiger partial charge in [-0.2, -0.15) is 5.10 Å². The lowest BCUT2D eigenvalue weighted by Crippen LogP contribution is -2.15. The summed E-state index contributed by atoms with van der Waals surface area (Å²) in [5.41, 5.74) is 1.88. The maximum atomic E-state index is 12.8. The van der Waals surface area contributed by atoms with E-state index in [1.54, 1.807) is 54.1 Å². The molecule has 150 valence electrons. The molecule has 29 heavy (non-hydrogen) atoms. The summed E-state index contributed by atoms with van der Waals surface area (Å²) < 4.78 is 1.62. The van der Waals surface area contributed by atoms with E-state index in [1.807, 2.05) is 20.8 Å². The van der Waals surface area contributed by atoms with Crippen molar-refractivity contribution in [3.63, 3.8) is 0 Å². The predicted octanol–water partition coefficient (Wildman–Crippen LogP) is 5.29. The number of carbonyl (C=O) groups is 1. The monoisotopic (exact) mass is 412 g/mol. The Morgan fingerprint density at radius 1 is 1.14 bits per heavy atom. The number of amides is 1. The molecule has 1 aromatic heterocycles. The van der Waals surface area contributed by atoms with Crippen LogP contribution >= 0.6 is 11.6 Å². The molecule has 0 fully saturated rings. The third kappa shape index (κ3) is 4.46. The Labute approximate surface area is 173 Å². The Bertz CT molecular complexity index is 1080. The maximum absolute atomic E-state index is 12.8. The van der Waals surface area contributed by atoms with Crippen molar-refractivity contribution < 1.29 is 9.72 Å². The van der Waals surface area contributed by atoms with Gasteiger partial charge in [-0.25, -0.2) is 4.68 Å². The molecule has 7 nitrogen and oxygen atoms in total. The van der Waals surface area contributed by atoms with Gasteiger partial charge in [0.1, 0.15) is 5.82 Å². The number of carbonyl (C=O) groups excluding carboxylic acids is 1. The SMILES string of the molecule is Cc1ccc(C(=O)Nc2cc(C(C)(C)C)nn2-c2ccc(Cl)cc2)cc1[N+](=O)[O-]. The maximum Gasteiger partial charge on any atom is 0.273 e. The molecule has 1 amide bonds. The summed E-state index contributed by atoms with van der Waals surface area (Å²) in [6.07, 6.45) is 0. The summed E-state index contributed by atoms with van der Waals surface area (Å²) in [6, 6.07) is 13.3. The van der Waals surface area contributed by atoms with Gasteiger partial charge >= 0.3 is 0 Å². The van der Waals surface area contributed by atoms with Gasteiger partial charge < -0.3 is 5.32 Å². The Hall–Kier alpha value is -3.19. The molecule has 0 saturated carbocycles. The molecule has 3 rings (SSSR count). The molecule has 0 aliphatic carbocycles. The molecule has 8 heteroatoms. The van der Waals surface area contributed by atoms with Crippen LogP contribution in [0, 0.1) is 17.0 Å². The Morgan fingerprint density at radius 3 is 2.38 bits per heavy atom. The normalized spacial score (nSPS) is 11.3. The van der Waals surface area contributed by atoms with Crippen LogP contribution in [0.15, 0.2) is 48.5 Å². The average Bonchev–Trinajstić information content (AvgIpc) is 3.06. The van der Waals surface area contributed by atoms with Gasteiger partial charge in [-0.1, -0.05) is 38.4 Å². The second-order valence-corrected chi connectivity index (χ2v) is 8.20. The van der Waals surface area contributed by atoms with Crippen LogP contribution in [0.1, 0.15) is 42.4 Å². The first kappa shape index (κ1) is 20.5. The molecule has 1 heterocycles. The highest BCUT2D eigenvalue weighted by Gasteiger charge is 2.22. The minimum atomic E-state index is -0.498. The van der Waals surface area contributed by atoms with E-state index >= 15 is 0 Å². The van der Waals surface area contributed by atoms with Gasteiger partial charge in [-0.3, -0.25) is 14.9 Å². The first-order valence-corrected chi connectivity index (χ1v) is 9.37. The van der Waals surface area contributed by atoms with Gasteiger partial charge in [-0.15, -0.1) is 0 Å². The number of nitrogens with one attached hydrogen (secondary N) is 1. The van der Waals surface area contributed by atoms with Crippen molar-refractivity contribution in [3.05, 3.63) is 80.5 Å². The first-order valence-electron chi connectivity index (χ1n) is 8.99. The highest BCUT2D eigenvalue weighted by molar-refractivity contribution is 6.30. The lowest BCUT2D eigenvalue weighted by Gasteiger charge is -2.14. The number of nitrogens with zero attached hydrogens (tertiary/aromatic N) is 3. The van der Waals surface area contributed by atoms with Crippen LogP contribution in [0.3, 0.4) is 0 Å². The molecule has 0 bridgehead atoms. The van der Waals surface area contributed by atoms with E-state index in [0.717, 1.165) is 11.4 Å². The van der Waals surface area contributed by atoms with Crippen molar-refractivity contribution in [2.75, 3.05) is 5.32 Å². The summed E-state index contributed by atoms with van der Waals surface area (Å²) in [5.74, 6) is 0.00847. The van der Waals surface area contributed by atoms with Crippen molar-refractivity contribution in [2.45, 2.75) is 33.1 Å². The molecule has 0 saturated heterocycles. The average molecular weight is 413 g/mol. The zero-order valence-electron chi connectivity index (χ0n) is 16.6. The molecule has 0 aliphatic heterocycles. The third-order valence-corrected chi connectivity index (χ3v) is 4.71. The summed E-state index contributed by atoms with van der Waals surface area (Å²) in [6.45, 7) is 7.70. The van der Waals surface area contributed by atoms with Gasteiger partial charge in [0, 0.05) is 33.7 Å². The quantitative estimate of drug-likeness (QED) is 0.465. The van der Waals surface area contributed by atoms with Crippen LogP contribution in [-0.4, -0.2) is 20.6 Å². The molecule has 1 N–H and O–H groups in total. The van der Waals surface area contributed by atoms with Crippen molar-refractivity contribution >= 4 is 29.0 Å². The summed E-state index contributed by atoms with van der Waals surface area (Å²) in [5, 5.41) is 19.2. The highest BCUT2D eigenvalue weighted by atomic mass is 35.5. The first-order chi connectivity index (χ1) is 13.6. The fraction of sp³-hybridized carbons (Fsp3) is 0.238. The lowest BCUT2D eigenvalue weighted by atomic mass is 9.92. The highest BCUT2D eigenvalue weighted by Crippen LogP contribution is 2.27. The largest absolute Gasteiger partial charge is 0.306 e. The molecule has 0 atom stereocenters. The molecular formula is C21H21ClN4O3. The van der Waals surface area contributed by atoms with Gasteiger partial charge in [0.2, 0.25) is 0 Å². The van der Waals surface area contributed by atoms with Crippen LogP contribution < -0.4 is 5.32 Å². The number of aromatic nitrogens is 2. The minimum absolute atomic E-state index is 0.0979. The van der Waals surface area contributed by atoms with Crippen LogP contribution in [0.25, 0.3) is 5.69 Å². The molecule has 0 aliphatic rings. The predicted molar refractivity (Wildman–Crippen MR) is 113 cm³/mol. The Kier molecular flexibility index (Phi) is 5.44. The number of anilines is 1. The van der Waals surface area contributed by atoms with Gasteiger partial charge in [0.15, 0.2) is 0 Å². The molecular weight excluding hydrogens is 392 g/mol. The topological polar surface area (TPSA) is 90.1 Å². The number of nitro benzene ring substituents is 1.